The van der Waals surface area contributed by atoms with Gasteiger partial charge in [0, 0.05) is 11.3 Å². The number of carbonyl (C=O) groups excluding carboxylic acids is 3. The maximum absolute atomic E-state index is 12.6. The Morgan fingerprint density at radius 3 is 2.62 bits per heavy atom. The number of sulfonamides is 1. The van der Waals surface area contributed by atoms with E-state index < -0.39 is 56.9 Å². The lowest BCUT2D eigenvalue weighted by atomic mass is 10.0. The van der Waals surface area contributed by atoms with Crippen molar-refractivity contribution in [2.45, 2.75) is 23.2 Å². The second kappa shape index (κ2) is 9.18. The van der Waals surface area contributed by atoms with Crippen LogP contribution in [0.5, 0.6) is 0 Å². The number of carbonyl (C=O) groups is 4. The summed E-state index contributed by atoms with van der Waals surface area (Å²) in [6.45, 7) is 0.943. The summed E-state index contributed by atoms with van der Waals surface area (Å²) in [4.78, 5) is 48.3. The third-order valence-corrected chi connectivity index (χ3v) is 7.29. The molecule has 2 aliphatic heterocycles. The minimum absolute atomic E-state index is 0.0602. The van der Waals surface area contributed by atoms with Gasteiger partial charge in [0.05, 0.1) is 12.2 Å². The number of amides is 2. The smallest absolute Gasteiger partial charge is 0.421 e. The standard InChI is InChI=1S/C18H19N3O9S2/c1-2-29-18(26)20-32(27,28)11-6-4-3-5-10(11)17(25)30-7-9-8-31-15-12(19)14(22)21(15)13(9)16(23)24/h3-6,12,15H,2,7-8,19H2,1H3,(H,20,26)(H,23,24)/t12-,15+/m1/s1. The number of hydrogen-bond acceptors (Lipinski definition) is 10. The summed E-state index contributed by atoms with van der Waals surface area (Å²) in [7, 11) is -4.45. The van der Waals surface area contributed by atoms with Crippen LogP contribution in [0, 0.1) is 0 Å². The van der Waals surface area contributed by atoms with Gasteiger partial charge in [-0.1, -0.05) is 12.1 Å². The maximum Gasteiger partial charge on any atom is 0.421 e. The lowest BCUT2D eigenvalue weighted by Crippen LogP contribution is -2.68. The normalized spacial score (nSPS) is 20.2. The third-order valence-electron chi connectivity index (χ3n) is 4.56. The molecule has 0 unspecified atom stereocenters. The Labute approximate surface area is 186 Å². The molecule has 0 bridgehead atoms. The minimum Gasteiger partial charge on any atom is -0.477 e. The number of carboxylic acid groups (broad SMARTS) is 1. The van der Waals surface area contributed by atoms with Gasteiger partial charge in [-0.05, 0) is 19.1 Å². The van der Waals surface area contributed by atoms with Crippen LogP contribution in [0.1, 0.15) is 17.3 Å². The summed E-state index contributed by atoms with van der Waals surface area (Å²) in [6.07, 6.45) is -1.21. The van der Waals surface area contributed by atoms with Crippen LogP contribution in [0.15, 0.2) is 40.4 Å². The summed E-state index contributed by atoms with van der Waals surface area (Å²) >= 11 is 1.23. The van der Waals surface area contributed by atoms with Gasteiger partial charge in [0.1, 0.15) is 28.6 Å². The van der Waals surface area contributed by atoms with E-state index in [1.165, 1.54) is 36.9 Å². The van der Waals surface area contributed by atoms with Gasteiger partial charge in [-0.3, -0.25) is 9.69 Å². The summed E-state index contributed by atoms with van der Waals surface area (Å²) in [5.41, 5.74) is 5.17. The number of ether oxygens (including phenoxy) is 2. The quantitative estimate of drug-likeness (QED) is 0.345. The molecule has 1 saturated heterocycles. The van der Waals surface area contributed by atoms with Crippen molar-refractivity contribution in [1.29, 1.82) is 0 Å². The van der Waals surface area contributed by atoms with Crippen molar-refractivity contribution >= 4 is 45.7 Å². The predicted octanol–water partition coefficient (Wildman–Crippen LogP) is -0.141. The molecular weight excluding hydrogens is 466 g/mol. The molecule has 1 aromatic carbocycles. The van der Waals surface area contributed by atoms with E-state index in [9.17, 15) is 32.7 Å². The average molecular weight is 485 g/mol. The van der Waals surface area contributed by atoms with Crippen LogP contribution in [0.4, 0.5) is 4.79 Å². The zero-order valence-electron chi connectivity index (χ0n) is 16.6. The molecule has 14 heteroatoms. The Balaban J connectivity index is 1.81. The number of esters is 1. The van der Waals surface area contributed by atoms with E-state index in [0.29, 0.717) is 0 Å². The summed E-state index contributed by atoms with van der Waals surface area (Å²) in [6, 6.07) is 4.21. The lowest BCUT2D eigenvalue weighted by Gasteiger charge is -2.47. The van der Waals surface area contributed by atoms with Crippen molar-refractivity contribution in [1.82, 2.24) is 9.62 Å². The number of benzene rings is 1. The fraction of sp³-hybridized carbons (Fsp3) is 0.333. The Morgan fingerprint density at radius 1 is 1.28 bits per heavy atom. The van der Waals surface area contributed by atoms with E-state index in [-0.39, 0.29) is 29.2 Å². The van der Waals surface area contributed by atoms with E-state index in [1.807, 2.05) is 0 Å². The van der Waals surface area contributed by atoms with Gasteiger partial charge in [0.2, 0.25) is 5.91 Å². The van der Waals surface area contributed by atoms with Crippen LogP contribution in [0.3, 0.4) is 0 Å². The third kappa shape index (κ3) is 4.42. The molecule has 2 amide bonds. The number of thioether (sulfide) groups is 1. The molecule has 4 N–H and O–H groups in total. The zero-order valence-corrected chi connectivity index (χ0v) is 18.3. The molecule has 2 heterocycles. The number of carboxylic acids is 1. The van der Waals surface area contributed by atoms with Gasteiger partial charge in [0.25, 0.3) is 10.0 Å². The highest BCUT2D eigenvalue weighted by Crippen LogP contribution is 2.39. The summed E-state index contributed by atoms with van der Waals surface area (Å²) < 4.78 is 36.3. The molecule has 2 aliphatic rings. The first-order valence-electron chi connectivity index (χ1n) is 9.19. The molecule has 172 valence electrons. The van der Waals surface area contributed by atoms with Crippen molar-refractivity contribution in [3.05, 3.63) is 41.1 Å². The molecule has 1 aromatic rings. The van der Waals surface area contributed by atoms with E-state index in [4.69, 9.17) is 10.5 Å². The van der Waals surface area contributed by atoms with Crippen LogP contribution in [0.25, 0.3) is 0 Å². The average Bonchev–Trinajstić information content (AvgIpc) is 2.75. The number of nitrogens with zero attached hydrogens (tertiary/aromatic N) is 1. The van der Waals surface area contributed by atoms with Gasteiger partial charge < -0.3 is 20.3 Å². The first-order valence-corrected chi connectivity index (χ1v) is 11.7. The van der Waals surface area contributed by atoms with Crippen LogP contribution in [-0.4, -0.2) is 72.7 Å². The minimum atomic E-state index is -4.45. The van der Waals surface area contributed by atoms with Gasteiger partial charge in [0.15, 0.2) is 0 Å². The number of rotatable bonds is 7. The molecule has 12 nitrogen and oxygen atoms in total. The summed E-state index contributed by atoms with van der Waals surface area (Å²) in [5.74, 6) is -2.83. The van der Waals surface area contributed by atoms with E-state index in [1.54, 1.807) is 4.72 Å². The second-order valence-electron chi connectivity index (χ2n) is 6.59. The van der Waals surface area contributed by atoms with Crippen molar-refractivity contribution in [2.75, 3.05) is 19.0 Å². The highest BCUT2D eigenvalue weighted by molar-refractivity contribution is 8.00. The topological polar surface area (TPSA) is 182 Å². The second-order valence-corrected chi connectivity index (χ2v) is 9.35. The Hall–Kier alpha value is -3.10. The van der Waals surface area contributed by atoms with Crippen molar-refractivity contribution in [3.8, 4) is 0 Å². The molecule has 0 saturated carbocycles. The lowest BCUT2D eigenvalue weighted by molar-refractivity contribution is -0.148. The van der Waals surface area contributed by atoms with Gasteiger partial charge in [-0.15, -0.1) is 11.8 Å². The fourth-order valence-corrected chi connectivity index (χ4v) is 5.48. The molecule has 2 atom stereocenters. The number of aliphatic carboxylic acids is 1. The van der Waals surface area contributed by atoms with Crippen molar-refractivity contribution in [3.63, 3.8) is 0 Å². The Kier molecular flexibility index (Phi) is 6.76. The largest absolute Gasteiger partial charge is 0.477 e. The van der Waals surface area contributed by atoms with Gasteiger partial charge in [-0.25, -0.2) is 27.5 Å². The van der Waals surface area contributed by atoms with Gasteiger partial charge >= 0.3 is 18.0 Å². The monoisotopic (exact) mass is 485 g/mol. The Morgan fingerprint density at radius 2 is 1.97 bits per heavy atom. The van der Waals surface area contributed by atoms with Crippen molar-refractivity contribution in [2.24, 2.45) is 5.73 Å². The van der Waals surface area contributed by atoms with E-state index >= 15 is 0 Å². The highest BCUT2D eigenvalue weighted by atomic mass is 32.2. The highest BCUT2D eigenvalue weighted by Gasteiger charge is 2.51. The number of fused-ring (bicyclic) bond motifs is 1. The van der Waals surface area contributed by atoms with E-state index in [2.05, 4.69) is 4.74 Å². The fourth-order valence-electron chi connectivity index (χ4n) is 3.12. The number of hydrogen-bond donors (Lipinski definition) is 3. The van der Waals surface area contributed by atoms with Crippen molar-refractivity contribution < 1.29 is 42.2 Å². The number of nitrogens with two attached hydrogens (primary N) is 1. The van der Waals surface area contributed by atoms with Gasteiger partial charge in [-0.2, -0.15) is 0 Å². The molecule has 3 rings (SSSR count). The molecule has 32 heavy (non-hydrogen) atoms. The number of nitrogens with one attached hydrogen (secondary N) is 1. The van der Waals surface area contributed by atoms with Crippen LogP contribution >= 0.6 is 11.8 Å². The molecule has 1 fully saturated rings. The van der Waals surface area contributed by atoms with E-state index in [0.717, 1.165) is 11.0 Å². The van der Waals surface area contributed by atoms with Crippen LogP contribution in [0.2, 0.25) is 0 Å². The molecule has 0 aromatic heterocycles. The summed E-state index contributed by atoms with van der Waals surface area (Å²) in [5, 5.41) is 9.02. The number of β-lactam (4-membered cyclic amide) rings is 1. The first kappa shape index (κ1) is 23.6. The van der Waals surface area contributed by atoms with Crippen LogP contribution in [-0.2, 0) is 29.1 Å². The molecule has 0 radical (unpaired) electrons. The predicted molar refractivity (Wildman–Crippen MR) is 110 cm³/mol. The molecule has 0 spiro atoms. The zero-order chi connectivity index (χ0) is 23.6. The van der Waals surface area contributed by atoms with Crippen LogP contribution < -0.4 is 10.5 Å². The Bertz CT molecular complexity index is 1120. The SMILES string of the molecule is CCOC(=O)NS(=O)(=O)c1ccccc1C(=O)OCC1=C(C(=O)O)N2C(=O)[C@@H](N)[C@@H]2SC1. The molecule has 0 aliphatic carbocycles. The maximum atomic E-state index is 12.6. The first-order chi connectivity index (χ1) is 15.1. The molecular formula is C18H19N3O9S2.